The summed E-state index contributed by atoms with van der Waals surface area (Å²) in [6.45, 7) is -0.0579. The number of carbonyl (C=O) groups excluding carboxylic acids is 2. The third-order valence-electron chi connectivity index (χ3n) is 3.24. The van der Waals surface area contributed by atoms with Gasteiger partial charge in [0.15, 0.2) is 0 Å². The van der Waals surface area contributed by atoms with Crippen LogP contribution < -0.4 is 15.4 Å². The van der Waals surface area contributed by atoms with Gasteiger partial charge in [-0.05, 0) is 24.3 Å². The second kappa shape index (κ2) is 8.87. The molecule has 1 fully saturated rings. The average Bonchev–Trinajstić information content (AvgIpc) is 2.78. The summed E-state index contributed by atoms with van der Waals surface area (Å²) in [4.78, 5) is 23.7. The molecule has 0 aromatic heterocycles. The van der Waals surface area contributed by atoms with Gasteiger partial charge < -0.3 is 20.5 Å². The number of hydrogen-bond donors (Lipinski definition) is 3. The van der Waals surface area contributed by atoms with E-state index in [0.717, 1.165) is 23.6 Å². The first-order valence-corrected chi connectivity index (χ1v) is 9.81. The number of anilines is 1. The van der Waals surface area contributed by atoms with Crippen LogP contribution in [0.5, 0.6) is 5.75 Å². The van der Waals surface area contributed by atoms with Crippen LogP contribution in [0.2, 0.25) is 0 Å². The molecule has 6 nitrogen and oxygen atoms in total. The van der Waals surface area contributed by atoms with Gasteiger partial charge in [-0.2, -0.15) is 23.5 Å². The van der Waals surface area contributed by atoms with Gasteiger partial charge in [0.25, 0.3) is 0 Å². The number of ether oxygens (including phenoxy) is 1. The molecule has 0 unspecified atom stereocenters. The molecule has 0 atom stereocenters. The van der Waals surface area contributed by atoms with Crippen LogP contribution in [-0.2, 0) is 9.59 Å². The van der Waals surface area contributed by atoms with Gasteiger partial charge >= 0.3 is 18.2 Å². The molecule has 1 aliphatic rings. The first-order valence-electron chi connectivity index (χ1n) is 7.50. The molecule has 1 aliphatic heterocycles. The lowest BCUT2D eigenvalue weighted by molar-refractivity contribution is -0.274. The minimum Gasteiger partial charge on any atom is -0.406 e. The molecule has 0 saturated carbocycles. The zero-order valence-electron chi connectivity index (χ0n) is 13.5. The van der Waals surface area contributed by atoms with E-state index in [2.05, 4.69) is 15.4 Å². The molecule has 2 rings (SSSR count). The number of hydrogen-bond acceptors (Lipinski definition) is 6. The fourth-order valence-corrected chi connectivity index (χ4v) is 4.57. The number of rotatable bonds is 4. The van der Waals surface area contributed by atoms with Crippen LogP contribution in [0.3, 0.4) is 0 Å². The van der Waals surface area contributed by atoms with E-state index in [1.807, 2.05) is 0 Å². The first kappa shape index (κ1) is 20.7. The fourth-order valence-electron chi connectivity index (χ4n) is 2.04. The van der Waals surface area contributed by atoms with Crippen molar-refractivity contribution >= 4 is 41.0 Å². The minimum absolute atomic E-state index is 0.0579. The number of nitrogens with one attached hydrogen (secondary N) is 2. The third kappa shape index (κ3) is 6.96. The van der Waals surface area contributed by atoms with E-state index in [0.29, 0.717) is 11.5 Å². The van der Waals surface area contributed by atoms with Gasteiger partial charge in [0.1, 0.15) is 5.75 Å². The lowest BCUT2D eigenvalue weighted by atomic mass is 10.1. The molecule has 0 radical (unpaired) electrons. The zero-order valence-corrected chi connectivity index (χ0v) is 15.1. The van der Waals surface area contributed by atoms with E-state index in [4.69, 9.17) is 0 Å². The molecule has 0 spiro atoms. The number of halogens is 3. The number of alkyl halides is 3. The van der Waals surface area contributed by atoms with Crippen molar-refractivity contribution in [3.05, 3.63) is 24.3 Å². The Morgan fingerprint density at radius 2 is 1.69 bits per heavy atom. The molecule has 1 aromatic carbocycles. The quantitative estimate of drug-likeness (QED) is 0.657. The van der Waals surface area contributed by atoms with Crippen LogP contribution in [0.1, 0.15) is 0 Å². The lowest BCUT2D eigenvalue weighted by Gasteiger charge is -2.25. The molecule has 3 N–H and O–H groups in total. The first-order chi connectivity index (χ1) is 12.2. The standard InChI is InChI=1S/C15H17F3N2O4S2/c16-15(17,18)24-11-3-1-10(2-4-11)20-13(22)12(21)19-7-14(23)8-25-5-6-26-9-14/h1-4,23H,5-9H2,(H,19,21)(H,20,22). The van der Waals surface area contributed by atoms with E-state index in [1.165, 1.54) is 12.1 Å². The minimum atomic E-state index is -4.81. The predicted octanol–water partition coefficient (Wildman–Crippen LogP) is 1.85. The summed E-state index contributed by atoms with van der Waals surface area (Å²) in [6, 6.07) is 4.39. The van der Waals surface area contributed by atoms with E-state index in [9.17, 15) is 27.9 Å². The van der Waals surface area contributed by atoms with Crippen molar-refractivity contribution in [1.29, 1.82) is 0 Å². The van der Waals surface area contributed by atoms with Crippen molar-refractivity contribution in [3.63, 3.8) is 0 Å². The van der Waals surface area contributed by atoms with Crippen molar-refractivity contribution in [1.82, 2.24) is 5.32 Å². The molecule has 11 heteroatoms. The normalized spacial score (nSPS) is 17.1. The summed E-state index contributed by atoms with van der Waals surface area (Å²) in [5.41, 5.74) is -0.947. The summed E-state index contributed by atoms with van der Waals surface area (Å²) >= 11 is 3.15. The van der Waals surface area contributed by atoms with Crippen molar-refractivity contribution in [2.45, 2.75) is 12.0 Å². The Morgan fingerprint density at radius 3 is 2.23 bits per heavy atom. The summed E-state index contributed by atoms with van der Waals surface area (Å²) in [5.74, 6) is 0.390. The SMILES string of the molecule is O=C(NCC1(O)CSCCSC1)C(=O)Nc1ccc(OC(F)(F)F)cc1. The number of carbonyl (C=O) groups is 2. The number of thioether (sulfide) groups is 2. The van der Waals surface area contributed by atoms with Crippen LogP contribution in [0.25, 0.3) is 0 Å². The Kier molecular flexibility index (Phi) is 7.07. The van der Waals surface area contributed by atoms with Gasteiger partial charge in [-0.3, -0.25) is 9.59 Å². The second-order valence-corrected chi connectivity index (χ2v) is 7.75. The van der Waals surface area contributed by atoms with Crippen LogP contribution in [0.15, 0.2) is 24.3 Å². The maximum absolute atomic E-state index is 12.1. The summed E-state index contributed by atoms with van der Waals surface area (Å²) in [7, 11) is 0. The summed E-state index contributed by atoms with van der Waals surface area (Å²) < 4.78 is 40.0. The van der Waals surface area contributed by atoms with Crippen molar-refractivity contribution in [3.8, 4) is 5.75 Å². The highest BCUT2D eigenvalue weighted by atomic mass is 32.2. The topological polar surface area (TPSA) is 87.7 Å². The zero-order chi connectivity index (χ0) is 19.2. The van der Waals surface area contributed by atoms with Gasteiger partial charge in [0, 0.05) is 35.2 Å². The number of aliphatic hydroxyl groups is 1. The fraction of sp³-hybridized carbons (Fsp3) is 0.467. The van der Waals surface area contributed by atoms with Gasteiger partial charge in [-0.15, -0.1) is 13.2 Å². The van der Waals surface area contributed by atoms with Crippen LogP contribution >= 0.6 is 23.5 Å². The van der Waals surface area contributed by atoms with E-state index >= 15 is 0 Å². The number of benzene rings is 1. The van der Waals surface area contributed by atoms with Gasteiger partial charge in [-0.1, -0.05) is 0 Å². The second-order valence-electron chi connectivity index (χ2n) is 5.54. The molecule has 0 bridgehead atoms. The summed E-state index contributed by atoms with van der Waals surface area (Å²) in [6.07, 6.45) is -4.81. The molecule has 1 saturated heterocycles. The molecule has 2 amide bonds. The highest BCUT2D eigenvalue weighted by Crippen LogP contribution is 2.25. The maximum atomic E-state index is 12.1. The molecule has 0 aliphatic carbocycles. The van der Waals surface area contributed by atoms with Gasteiger partial charge in [-0.25, -0.2) is 0 Å². The Hall–Kier alpha value is -1.59. The predicted molar refractivity (Wildman–Crippen MR) is 94.4 cm³/mol. The van der Waals surface area contributed by atoms with Crippen molar-refractivity contribution in [2.75, 3.05) is 34.9 Å². The van der Waals surface area contributed by atoms with E-state index in [-0.39, 0.29) is 12.2 Å². The molecule has 26 heavy (non-hydrogen) atoms. The van der Waals surface area contributed by atoms with Gasteiger partial charge in [0.2, 0.25) is 0 Å². The highest BCUT2D eigenvalue weighted by Gasteiger charge is 2.31. The third-order valence-corrected chi connectivity index (χ3v) is 5.97. The monoisotopic (exact) mass is 410 g/mol. The summed E-state index contributed by atoms with van der Waals surface area (Å²) in [5, 5.41) is 15.0. The Bertz CT molecular complexity index is 633. The van der Waals surface area contributed by atoms with Crippen LogP contribution in [0.4, 0.5) is 18.9 Å². The van der Waals surface area contributed by atoms with Gasteiger partial charge in [0.05, 0.1) is 5.60 Å². The highest BCUT2D eigenvalue weighted by molar-refractivity contribution is 8.03. The van der Waals surface area contributed by atoms with Crippen LogP contribution in [0, 0.1) is 0 Å². The molecule has 1 aromatic rings. The Morgan fingerprint density at radius 1 is 1.12 bits per heavy atom. The molecule has 144 valence electrons. The molecule has 1 heterocycles. The smallest absolute Gasteiger partial charge is 0.406 e. The average molecular weight is 410 g/mol. The van der Waals surface area contributed by atoms with Crippen molar-refractivity contribution in [2.24, 2.45) is 0 Å². The van der Waals surface area contributed by atoms with E-state index in [1.54, 1.807) is 23.5 Å². The van der Waals surface area contributed by atoms with Crippen LogP contribution in [-0.4, -0.2) is 58.4 Å². The van der Waals surface area contributed by atoms with E-state index < -0.39 is 29.5 Å². The lowest BCUT2D eigenvalue weighted by Crippen LogP contribution is -2.49. The Labute approximate surface area is 156 Å². The molecular weight excluding hydrogens is 393 g/mol. The maximum Gasteiger partial charge on any atom is 0.573 e. The Balaban J connectivity index is 1.83. The number of amides is 2. The largest absolute Gasteiger partial charge is 0.573 e. The molecular formula is C15H17F3N2O4S2. The van der Waals surface area contributed by atoms with Crippen molar-refractivity contribution < 1.29 is 32.6 Å².